The first-order valence-electron chi connectivity index (χ1n) is 9.23. The summed E-state index contributed by atoms with van der Waals surface area (Å²) < 4.78 is 5.70. The van der Waals surface area contributed by atoms with Crippen molar-refractivity contribution in [3.8, 4) is 0 Å². The average molecular weight is 375 g/mol. The standard InChI is InChI=1S/C20H30N4OS/c1-5-11-25-14-18-10-8-7-9-17(18)12-22-20(21-6-2)23-13-19-15(3)24-16(4)26-19/h7-10H,5-6,11-14H2,1-4H3,(H2,21,22,23). The Kier molecular flexibility index (Phi) is 8.58. The van der Waals surface area contributed by atoms with E-state index in [4.69, 9.17) is 9.73 Å². The number of thiazole rings is 1. The maximum atomic E-state index is 5.70. The van der Waals surface area contributed by atoms with E-state index in [-0.39, 0.29) is 0 Å². The smallest absolute Gasteiger partial charge is 0.191 e. The van der Waals surface area contributed by atoms with Gasteiger partial charge in [0.25, 0.3) is 0 Å². The van der Waals surface area contributed by atoms with Crippen LogP contribution in [0.1, 0.15) is 47.0 Å². The molecule has 0 aliphatic rings. The van der Waals surface area contributed by atoms with Crippen molar-refractivity contribution in [2.75, 3.05) is 13.2 Å². The van der Waals surface area contributed by atoms with Crippen LogP contribution >= 0.6 is 11.3 Å². The van der Waals surface area contributed by atoms with E-state index in [0.29, 0.717) is 13.2 Å². The summed E-state index contributed by atoms with van der Waals surface area (Å²) in [5, 5.41) is 7.82. The van der Waals surface area contributed by atoms with Crippen molar-refractivity contribution in [2.24, 2.45) is 4.99 Å². The molecule has 0 aliphatic heterocycles. The first-order chi connectivity index (χ1) is 12.6. The molecule has 0 bridgehead atoms. The maximum Gasteiger partial charge on any atom is 0.191 e. The van der Waals surface area contributed by atoms with Gasteiger partial charge in [0.05, 0.1) is 30.4 Å². The summed E-state index contributed by atoms with van der Waals surface area (Å²) >= 11 is 1.73. The van der Waals surface area contributed by atoms with Gasteiger partial charge in [0.15, 0.2) is 5.96 Å². The Labute approximate surface area is 160 Å². The van der Waals surface area contributed by atoms with E-state index in [1.54, 1.807) is 11.3 Å². The molecule has 0 atom stereocenters. The fraction of sp³-hybridized carbons (Fsp3) is 0.500. The number of nitrogens with zero attached hydrogens (tertiary/aromatic N) is 2. The Morgan fingerprint density at radius 2 is 1.92 bits per heavy atom. The van der Waals surface area contributed by atoms with Gasteiger partial charge in [-0.3, -0.25) is 0 Å². The summed E-state index contributed by atoms with van der Waals surface area (Å²) in [7, 11) is 0. The predicted molar refractivity (Wildman–Crippen MR) is 110 cm³/mol. The first-order valence-corrected chi connectivity index (χ1v) is 10.0. The van der Waals surface area contributed by atoms with Crippen molar-refractivity contribution in [1.29, 1.82) is 0 Å². The zero-order chi connectivity index (χ0) is 18.8. The number of aromatic nitrogens is 1. The highest BCUT2D eigenvalue weighted by molar-refractivity contribution is 7.11. The third kappa shape index (κ3) is 6.42. The zero-order valence-electron chi connectivity index (χ0n) is 16.3. The highest BCUT2D eigenvalue weighted by atomic mass is 32.1. The number of aliphatic imine (C=N–C) groups is 1. The van der Waals surface area contributed by atoms with Crippen molar-refractivity contribution >= 4 is 17.3 Å². The normalized spacial score (nSPS) is 11.6. The van der Waals surface area contributed by atoms with Gasteiger partial charge in [0, 0.05) is 18.0 Å². The molecule has 2 N–H and O–H groups in total. The Morgan fingerprint density at radius 1 is 1.15 bits per heavy atom. The Bertz CT molecular complexity index is 712. The van der Waals surface area contributed by atoms with Gasteiger partial charge in [-0.15, -0.1) is 11.3 Å². The number of aryl methyl sites for hydroxylation is 2. The average Bonchev–Trinajstić information content (AvgIpc) is 2.96. The summed E-state index contributed by atoms with van der Waals surface area (Å²) in [6.45, 7) is 11.9. The van der Waals surface area contributed by atoms with Crippen molar-refractivity contribution in [1.82, 2.24) is 15.6 Å². The number of guanidine groups is 1. The highest BCUT2D eigenvalue weighted by Crippen LogP contribution is 2.16. The van der Waals surface area contributed by atoms with Crippen LogP contribution in [0.3, 0.4) is 0 Å². The van der Waals surface area contributed by atoms with E-state index in [1.165, 1.54) is 16.0 Å². The van der Waals surface area contributed by atoms with Gasteiger partial charge in [-0.25, -0.2) is 9.98 Å². The number of nitrogens with one attached hydrogen (secondary N) is 2. The monoisotopic (exact) mass is 374 g/mol. The van der Waals surface area contributed by atoms with Gasteiger partial charge >= 0.3 is 0 Å². The lowest BCUT2D eigenvalue weighted by atomic mass is 10.1. The molecule has 2 aromatic rings. The van der Waals surface area contributed by atoms with Gasteiger partial charge in [-0.05, 0) is 38.3 Å². The molecule has 0 fully saturated rings. The van der Waals surface area contributed by atoms with Crippen molar-refractivity contribution in [3.05, 3.63) is 51.0 Å². The zero-order valence-corrected chi connectivity index (χ0v) is 17.1. The van der Waals surface area contributed by atoms with Gasteiger partial charge in [0.1, 0.15) is 0 Å². The number of hydrogen-bond donors (Lipinski definition) is 2. The molecule has 0 spiro atoms. The topological polar surface area (TPSA) is 58.5 Å². The van der Waals surface area contributed by atoms with E-state index in [2.05, 4.69) is 60.7 Å². The molecular weight excluding hydrogens is 344 g/mol. The minimum Gasteiger partial charge on any atom is -0.377 e. The molecule has 0 unspecified atom stereocenters. The molecule has 1 heterocycles. The van der Waals surface area contributed by atoms with Crippen LogP contribution in [0.25, 0.3) is 0 Å². The molecule has 142 valence electrons. The van der Waals surface area contributed by atoms with Crippen LogP contribution in [0.5, 0.6) is 0 Å². The van der Waals surface area contributed by atoms with Gasteiger partial charge in [0.2, 0.25) is 0 Å². The largest absolute Gasteiger partial charge is 0.377 e. The molecule has 2 rings (SSSR count). The van der Waals surface area contributed by atoms with Crippen LogP contribution in [-0.4, -0.2) is 24.1 Å². The lowest BCUT2D eigenvalue weighted by molar-refractivity contribution is 0.121. The van der Waals surface area contributed by atoms with E-state index < -0.39 is 0 Å². The third-order valence-electron chi connectivity index (χ3n) is 3.89. The van der Waals surface area contributed by atoms with Crippen molar-refractivity contribution < 1.29 is 4.74 Å². The fourth-order valence-electron chi connectivity index (χ4n) is 2.59. The predicted octanol–water partition coefficient (Wildman–Crippen LogP) is 3.94. The maximum absolute atomic E-state index is 5.70. The lowest BCUT2D eigenvalue weighted by Crippen LogP contribution is -2.36. The number of hydrogen-bond acceptors (Lipinski definition) is 4. The molecule has 1 aromatic carbocycles. The second-order valence-corrected chi connectivity index (χ2v) is 7.40. The van der Waals surface area contributed by atoms with E-state index in [9.17, 15) is 0 Å². The number of ether oxygens (including phenoxy) is 1. The van der Waals surface area contributed by atoms with Gasteiger partial charge in [-0.1, -0.05) is 31.2 Å². The molecule has 0 aliphatic carbocycles. The van der Waals surface area contributed by atoms with E-state index in [1.807, 2.05) is 6.92 Å². The van der Waals surface area contributed by atoms with Crippen LogP contribution in [0.4, 0.5) is 0 Å². The molecule has 1 aromatic heterocycles. The minimum atomic E-state index is 0.627. The Hall–Kier alpha value is -1.92. The van der Waals surface area contributed by atoms with Crippen molar-refractivity contribution in [3.63, 3.8) is 0 Å². The summed E-state index contributed by atoms with van der Waals surface area (Å²) in [6, 6.07) is 8.34. The summed E-state index contributed by atoms with van der Waals surface area (Å²) in [4.78, 5) is 10.5. The second kappa shape index (κ2) is 10.9. The van der Waals surface area contributed by atoms with E-state index in [0.717, 1.165) is 42.8 Å². The molecule has 0 radical (unpaired) electrons. The third-order valence-corrected chi connectivity index (χ3v) is 4.96. The molecule has 6 heteroatoms. The van der Waals surface area contributed by atoms with Crippen LogP contribution in [0, 0.1) is 13.8 Å². The number of benzene rings is 1. The molecule has 0 amide bonds. The van der Waals surface area contributed by atoms with Gasteiger partial charge in [-0.2, -0.15) is 0 Å². The molecule has 5 nitrogen and oxygen atoms in total. The first kappa shape index (κ1) is 20.4. The van der Waals surface area contributed by atoms with Gasteiger partial charge < -0.3 is 15.4 Å². The van der Waals surface area contributed by atoms with Crippen molar-refractivity contribution in [2.45, 2.75) is 53.8 Å². The Balaban J connectivity index is 2.01. The quantitative estimate of drug-likeness (QED) is 0.396. The highest BCUT2D eigenvalue weighted by Gasteiger charge is 2.07. The second-order valence-electron chi connectivity index (χ2n) is 6.11. The van der Waals surface area contributed by atoms with Crippen LogP contribution < -0.4 is 10.6 Å². The summed E-state index contributed by atoms with van der Waals surface area (Å²) in [5.74, 6) is 0.822. The molecule has 26 heavy (non-hydrogen) atoms. The summed E-state index contributed by atoms with van der Waals surface area (Å²) in [5.41, 5.74) is 3.49. The lowest BCUT2D eigenvalue weighted by Gasteiger charge is -2.12. The minimum absolute atomic E-state index is 0.627. The van der Waals surface area contributed by atoms with Crippen LogP contribution in [0.15, 0.2) is 29.3 Å². The summed E-state index contributed by atoms with van der Waals surface area (Å²) in [6.07, 6.45) is 1.03. The number of rotatable bonds is 9. The molecule has 0 saturated carbocycles. The van der Waals surface area contributed by atoms with E-state index >= 15 is 0 Å². The SMILES string of the molecule is CCCOCc1ccccc1CN=C(NCC)NCc1sc(C)nc1C. The Morgan fingerprint density at radius 3 is 2.58 bits per heavy atom. The molecular formula is C20H30N4OS. The fourth-order valence-corrected chi connectivity index (χ4v) is 3.46. The van der Waals surface area contributed by atoms with Crippen LogP contribution in [-0.2, 0) is 24.4 Å². The molecule has 0 saturated heterocycles. The van der Waals surface area contributed by atoms with Crippen LogP contribution in [0.2, 0.25) is 0 Å².